The molecule has 2 heterocycles. The predicted octanol–water partition coefficient (Wildman–Crippen LogP) is 4.48. The highest BCUT2D eigenvalue weighted by Crippen LogP contribution is 2.30. The summed E-state index contributed by atoms with van der Waals surface area (Å²) in [5.41, 5.74) is 2.45. The minimum atomic E-state index is -0.262. The molecule has 0 spiro atoms. The van der Waals surface area contributed by atoms with Crippen LogP contribution in [0.1, 0.15) is 36.3 Å². The van der Waals surface area contributed by atoms with E-state index in [4.69, 9.17) is 0 Å². The Kier molecular flexibility index (Phi) is 9.38. The van der Waals surface area contributed by atoms with E-state index in [-0.39, 0.29) is 42.8 Å². The molecule has 0 aliphatic carbocycles. The highest BCUT2D eigenvalue weighted by molar-refractivity contribution is 5.85. The van der Waals surface area contributed by atoms with Crippen molar-refractivity contribution in [3.05, 3.63) is 71.5 Å². The lowest BCUT2D eigenvalue weighted by Crippen LogP contribution is -2.56. The van der Waals surface area contributed by atoms with E-state index in [1.165, 1.54) is 11.6 Å². The molecule has 2 aliphatic heterocycles. The zero-order chi connectivity index (χ0) is 18.6. The Hall–Kier alpha value is -1.17. The molecule has 160 valence electrons. The maximum absolute atomic E-state index is 13.5. The van der Waals surface area contributed by atoms with Gasteiger partial charge in [-0.05, 0) is 61.5 Å². The van der Waals surface area contributed by atoms with Gasteiger partial charge < -0.3 is 5.11 Å². The van der Waals surface area contributed by atoms with Crippen LogP contribution in [0.2, 0.25) is 0 Å². The van der Waals surface area contributed by atoms with Crippen LogP contribution in [0.3, 0.4) is 0 Å². The van der Waals surface area contributed by atoms with Crippen molar-refractivity contribution in [2.75, 3.05) is 26.2 Å². The summed E-state index contributed by atoms with van der Waals surface area (Å²) >= 11 is 0. The number of halogens is 3. The topological polar surface area (TPSA) is 26.7 Å². The Balaban J connectivity index is 0.00000150. The number of rotatable bonds is 4. The second-order valence-corrected chi connectivity index (χ2v) is 8.01. The van der Waals surface area contributed by atoms with E-state index in [0.29, 0.717) is 5.92 Å². The number of likely N-dealkylation sites (tertiary alicyclic amines) is 2. The summed E-state index contributed by atoms with van der Waals surface area (Å²) < 4.78 is 13.5. The van der Waals surface area contributed by atoms with Crippen LogP contribution in [0, 0.1) is 5.82 Å². The van der Waals surface area contributed by atoms with Crippen molar-refractivity contribution >= 4 is 24.8 Å². The molecule has 3 nitrogen and oxygen atoms in total. The first kappa shape index (κ1) is 24.1. The lowest BCUT2D eigenvalue weighted by atomic mass is 9.88. The van der Waals surface area contributed by atoms with Gasteiger partial charge in [-0.15, -0.1) is 24.8 Å². The summed E-state index contributed by atoms with van der Waals surface area (Å²) in [5.74, 6) is 0.454. The monoisotopic (exact) mass is 440 g/mol. The van der Waals surface area contributed by atoms with Crippen LogP contribution < -0.4 is 0 Å². The Bertz CT molecular complexity index is 741. The normalized spacial score (nSPS) is 23.8. The van der Waals surface area contributed by atoms with E-state index < -0.39 is 0 Å². The van der Waals surface area contributed by atoms with Gasteiger partial charge in [0.2, 0.25) is 0 Å². The fraction of sp³-hybridized carbons (Fsp3) is 0.478. The van der Waals surface area contributed by atoms with Crippen molar-refractivity contribution in [1.29, 1.82) is 0 Å². The van der Waals surface area contributed by atoms with Crippen molar-refractivity contribution in [3.63, 3.8) is 0 Å². The summed E-state index contributed by atoms with van der Waals surface area (Å²) in [5, 5.41) is 10.6. The number of aliphatic hydroxyl groups is 1. The molecule has 2 aromatic rings. The molecule has 2 aromatic carbocycles. The number of hydrogen-bond acceptors (Lipinski definition) is 3. The summed E-state index contributed by atoms with van der Waals surface area (Å²) in [4.78, 5) is 4.83. The average molecular weight is 441 g/mol. The van der Waals surface area contributed by atoms with Crippen molar-refractivity contribution < 1.29 is 9.50 Å². The van der Waals surface area contributed by atoms with Crippen LogP contribution in [0.4, 0.5) is 4.39 Å². The zero-order valence-electron chi connectivity index (χ0n) is 16.6. The van der Waals surface area contributed by atoms with Gasteiger partial charge in [-0.2, -0.15) is 0 Å². The molecule has 29 heavy (non-hydrogen) atoms. The van der Waals surface area contributed by atoms with Crippen molar-refractivity contribution in [2.24, 2.45) is 0 Å². The molecule has 0 radical (unpaired) electrons. The smallest absolute Gasteiger partial charge is 0.123 e. The van der Waals surface area contributed by atoms with Crippen LogP contribution in [-0.2, 0) is 6.54 Å². The van der Waals surface area contributed by atoms with E-state index in [0.717, 1.165) is 57.5 Å². The zero-order valence-corrected chi connectivity index (χ0v) is 18.3. The van der Waals surface area contributed by atoms with E-state index in [2.05, 4.69) is 40.1 Å². The quantitative estimate of drug-likeness (QED) is 0.758. The number of hydrogen-bond donors (Lipinski definition) is 1. The van der Waals surface area contributed by atoms with E-state index in [1.54, 1.807) is 12.1 Å². The van der Waals surface area contributed by atoms with Gasteiger partial charge in [0.25, 0.3) is 0 Å². The number of benzene rings is 2. The molecule has 2 aliphatic rings. The second-order valence-electron chi connectivity index (χ2n) is 8.01. The third-order valence-electron chi connectivity index (χ3n) is 6.20. The lowest BCUT2D eigenvalue weighted by Gasteiger charge is -2.45. The van der Waals surface area contributed by atoms with Gasteiger partial charge in [0.15, 0.2) is 0 Å². The SMILES string of the molecule is Cl.Cl.O[C@@H]1CCN(Cc2cccc(F)c2)C[C@H]1N1CCC(c2ccccc2)CC1. The second kappa shape index (κ2) is 11.3. The largest absolute Gasteiger partial charge is 0.391 e. The molecular formula is C23H31Cl2FN2O. The first-order valence-electron chi connectivity index (χ1n) is 10.1. The highest BCUT2D eigenvalue weighted by atomic mass is 35.5. The molecule has 0 bridgehead atoms. The summed E-state index contributed by atoms with van der Waals surface area (Å²) in [6, 6.07) is 17.8. The average Bonchev–Trinajstić information content (AvgIpc) is 2.70. The molecule has 0 aromatic heterocycles. The van der Waals surface area contributed by atoms with Crippen LogP contribution in [-0.4, -0.2) is 53.2 Å². The molecule has 1 N–H and O–H groups in total. The minimum Gasteiger partial charge on any atom is -0.391 e. The molecule has 0 amide bonds. The van der Waals surface area contributed by atoms with E-state index >= 15 is 0 Å². The van der Waals surface area contributed by atoms with Crippen LogP contribution in [0.25, 0.3) is 0 Å². The van der Waals surface area contributed by atoms with Crippen molar-refractivity contribution in [1.82, 2.24) is 9.80 Å². The number of aliphatic hydroxyl groups excluding tert-OH is 1. The molecule has 4 rings (SSSR count). The predicted molar refractivity (Wildman–Crippen MR) is 121 cm³/mol. The van der Waals surface area contributed by atoms with Crippen molar-refractivity contribution in [3.8, 4) is 0 Å². The minimum absolute atomic E-state index is 0. The highest BCUT2D eigenvalue weighted by Gasteiger charge is 2.34. The van der Waals surface area contributed by atoms with Crippen LogP contribution in [0.5, 0.6) is 0 Å². The third kappa shape index (κ3) is 6.16. The summed E-state index contributed by atoms with van der Waals surface area (Å²) in [7, 11) is 0. The summed E-state index contributed by atoms with van der Waals surface area (Å²) in [6.45, 7) is 4.55. The molecule has 2 atom stereocenters. The maximum Gasteiger partial charge on any atom is 0.123 e. The standard InChI is InChI=1S/C23H29FN2O.2ClH/c24-21-8-4-5-18(15-21)16-25-12-11-23(27)22(17-25)26-13-9-20(10-14-26)19-6-2-1-3-7-19;;/h1-8,15,20,22-23,27H,9-14,16-17H2;2*1H/t22-,23-;;/m1../s1. The summed E-state index contributed by atoms with van der Waals surface area (Å²) in [6.07, 6.45) is 2.83. The molecule has 6 heteroatoms. The molecule has 2 saturated heterocycles. The van der Waals surface area contributed by atoms with Crippen LogP contribution in [0.15, 0.2) is 54.6 Å². The molecular weight excluding hydrogens is 410 g/mol. The number of piperidine rings is 2. The molecule has 2 fully saturated rings. The van der Waals surface area contributed by atoms with Gasteiger partial charge in [-0.3, -0.25) is 9.80 Å². The molecule has 0 saturated carbocycles. The van der Waals surface area contributed by atoms with Gasteiger partial charge in [-0.1, -0.05) is 42.5 Å². The fourth-order valence-corrected chi connectivity index (χ4v) is 4.67. The Morgan fingerprint density at radius 2 is 1.62 bits per heavy atom. The van der Waals surface area contributed by atoms with E-state index in [1.807, 2.05) is 6.07 Å². The van der Waals surface area contributed by atoms with Gasteiger partial charge in [0, 0.05) is 25.7 Å². The first-order valence-corrected chi connectivity index (χ1v) is 10.1. The maximum atomic E-state index is 13.5. The van der Waals surface area contributed by atoms with Crippen molar-refractivity contribution in [2.45, 2.75) is 43.9 Å². The third-order valence-corrected chi connectivity index (χ3v) is 6.20. The first-order chi connectivity index (χ1) is 13.2. The number of nitrogens with zero attached hydrogens (tertiary/aromatic N) is 2. The van der Waals surface area contributed by atoms with Gasteiger partial charge in [0.1, 0.15) is 5.82 Å². The van der Waals surface area contributed by atoms with E-state index in [9.17, 15) is 9.50 Å². The van der Waals surface area contributed by atoms with Gasteiger partial charge in [-0.25, -0.2) is 4.39 Å². The van der Waals surface area contributed by atoms with Gasteiger partial charge in [0.05, 0.1) is 6.10 Å². The van der Waals surface area contributed by atoms with Crippen LogP contribution >= 0.6 is 24.8 Å². The molecule has 0 unspecified atom stereocenters. The Morgan fingerprint density at radius 1 is 0.897 bits per heavy atom. The fourth-order valence-electron chi connectivity index (χ4n) is 4.67. The Morgan fingerprint density at radius 3 is 2.31 bits per heavy atom. The van der Waals surface area contributed by atoms with Gasteiger partial charge >= 0.3 is 0 Å². The Labute approximate surface area is 185 Å². The lowest BCUT2D eigenvalue weighted by molar-refractivity contribution is -0.0222.